The third-order valence-electron chi connectivity index (χ3n) is 2.85. The van der Waals surface area contributed by atoms with E-state index in [9.17, 15) is 0 Å². The first-order valence-electron chi connectivity index (χ1n) is 6.19. The summed E-state index contributed by atoms with van der Waals surface area (Å²) in [4.78, 5) is 6.64. The predicted molar refractivity (Wildman–Crippen MR) is 68.2 cm³/mol. The molecule has 0 unspecified atom stereocenters. The van der Waals surface area contributed by atoms with Gasteiger partial charge in [0.2, 0.25) is 0 Å². The standard InChI is InChI=1S/C13H22N4/c1-12(2)5-9-17(8-4-6-14)11-13-15-7-10-16(13)3/h7,10,12H,4-5,8-9,11H2,1-3H3. The number of nitriles is 1. The molecule has 4 heteroatoms. The van der Waals surface area contributed by atoms with E-state index in [2.05, 4.69) is 29.8 Å². The van der Waals surface area contributed by atoms with Gasteiger partial charge in [-0.15, -0.1) is 0 Å². The zero-order valence-electron chi connectivity index (χ0n) is 11.1. The molecule has 0 N–H and O–H groups in total. The molecule has 0 saturated carbocycles. The Hall–Kier alpha value is -1.34. The minimum absolute atomic E-state index is 0.586. The van der Waals surface area contributed by atoms with Crippen LogP contribution in [0.25, 0.3) is 0 Å². The van der Waals surface area contributed by atoms with Gasteiger partial charge in [-0.1, -0.05) is 13.8 Å². The smallest absolute Gasteiger partial charge is 0.122 e. The highest BCUT2D eigenvalue weighted by Crippen LogP contribution is 2.07. The molecule has 0 atom stereocenters. The van der Waals surface area contributed by atoms with E-state index in [1.807, 2.05) is 24.0 Å². The third kappa shape index (κ3) is 5.01. The van der Waals surface area contributed by atoms with Gasteiger partial charge in [0.25, 0.3) is 0 Å². The highest BCUT2D eigenvalue weighted by atomic mass is 15.2. The van der Waals surface area contributed by atoms with Crippen LogP contribution in [0, 0.1) is 17.2 Å². The Kier molecular flexibility index (Phi) is 5.71. The lowest BCUT2D eigenvalue weighted by Crippen LogP contribution is -2.27. The molecule has 0 saturated heterocycles. The van der Waals surface area contributed by atoms with Crippen LogP contribution < -0.4 is 0 Å². The van der Waals surface area contributed by atoms with Crippen molar-refractivity contribution in [3.8, 4) is 6.07 Å². The van der Waals surface area contributed by atoms with Gasteiger partial charge in [-0.3, -0.25) is 4.90 Å². The average Bonchev–Trinajstić information content (AvgIpc) is 2.68. The molecule has 1 aromatic heterocycles. The lowest BCUT2D eigenvalue weighted by Gasteiger charge is -2.21. The van der Waals surface area contributed by atoms with E-state index in [0.717, 1.165) is 31.9 Å². The maximum atomic E-state index is 8.68. The van der Waals surface area contributed by atoms with Crippen LogP contribution in [0.2, 0.25) is 0 Å². The molecule has 0 aliphatic carbocycles. The fraction of sp³-hybridized carbons (Fsp3) is 0.692. The van der Waals surface area contributed by atoms with Crippen LogP contribution in [0.1, 0.15) is 32.5 Å². The summed E-state index contributed by atoms with van der Waals surface area (Å²) in [5, 5.41) is 8.68. The van der Waals surface area contributed by atoms with Crippen molar-refractivity contribution in [1.29, 1.82) is 5.26 Å². The summed E-state index contributed by atoms with van der Waals surface area (Å²) < 4.78 is 2.04. The fourth-order valence-electron chi connectivity index (χ4n) is 1.67. The first-order valence-corrected chi connectivity index (χ1v) is 6.19. The molecule has 0 aromatic carbocycles. The molecule has 0 aliphatic rings. The van der Waals surface area contributed by atoms with Crippen molar-refractivity contribution in [2.75, 3.05) is 13.1 Å². The summed E-state index contributed by atoms with van der Waals surface area (Å²) in [6, 6.07) is 2.21. The van der Waals surface area contributed by atoms with Crippen LogP contribution in [0.4, 0.5) is 0 Å². The van der Waals surface area contributed by atoms with Gasteiger partial charge < -0.3 is 4.57 Å². The minimum atomic E-state index is 0.586. The molecule has 0 bridgehead atoms. The molecule has 0 fully saturated rings. The van der Waals surface area contributed by atoms with Gasteiger partial charge in [-0.25, -0.2) is 4.98 Å². The van der Waals surface area contributed by atoms with Crippen LogP contribution >= 0.6 is 0 Å². The highest BCUT2D eigenvalue weighted by molar-refractivity contribution is 4.91. The van der Waals surface area contributed by atoms with Gasteiger partial charge in [-0.05, 0) is 18.9 Å². The number of aryl methyl sites for hydroxylation is 1. The second kappa shape index (κ2) is 7.08. The van der Waals surface area contributed by atoms with Gasteiger partial charge in [0.15, 0.2) is 0 Å². The van der Waals surface area contributed by atoms with Crippen molar-refractivity contribution >= 4 is 0 Å². The second-order valence-electron chi connectivity index (χ2n) is 4.82. The Balaban J connectivity index is 2.51. The number of hydrogen-bond acceptors (Lipinski definition) is 3. The Labute approximate surface area is 104 Å². The van der Waals surface area contributed by atoms with Crippen LogP contribution in [-0.2, 0) is 13.6 Å². The number of hydrogen-bond donors (Lipinski definition) is 0. The van der Waals surface area contributed by atoms with Crippen LogP contribution in [-0.4, -0.2) is 27.5 Å². The molecule has 94 valence electrons. The van der Waals surface area contributed by atoms with E-state index in [4.69, 9.17) is 5.26 Å². The molecule has 0 aliphatic heterocycles. The maximum absolute atomic E-state index is 8.68. The first kappa shape index (κ1) is 13.7. The third-order valence-corrected chi connectivity index (χ3v) is 2.85. The molecule has 0 radical (unpaired) electrons. The molecule has 1 aromatic rings. The number of rotatable bonds is 7. The quantitative estimate of drug-likeness (QED) is 0.726. The summed E-state index contributed by atoms with van der Waals surface area (Å²) in [7, 11) is 2.01. The molecule has 0 amide bonds. The largest absolute Gasteiger partial charge is 0.337 e. The summed E-state index contributed by atoms with van der Waals surface area (Å²) in [6.07, 6.45) is 5.53. The molecule has 17 heavy (non-hydrogen) atoms. The van der Waals surface area contributed by atoms with Crippen molar-refractivity contribution in [2.45, 2.75) is 33.2 Å². The SMILES string of the molecule is CC(C)CCN(CCC#N)Cc1nccn1C. The second-order valence-corrected chi connectivity index (χ2v) is 4.82. The summed E-state index contributed by atoms with van der Waals surface area (Å²) in [6.45, 7) is 7.15. The summed E-state index contributed by atoms with van der Waals surface area (Å²) in [5.41, 5.74) is 0. The van der Waals surface area contributed by atoms with Crippen molar-refractivity contribution in [1.82, 2.24) is 14.5 Å². The molecular formula is C13H22N4. The van der Waals surface area contributed by atoms with Gasteiger partial charge in [-0.2, -0.15) is 5.26 Å². The molecule has 1 heterocycles. The molecule has 0 spiro atoms. The lowest BCUT2D eigenvalue weighted by molar-refractivity contribution is 0.247. The Morgan fingerprint density at radius 3 is 2.76 bits per heavy atom. The van der Waals surface area contributed by atoms with Gasteiger partial charge >= 0.3 is 0 Å². The van der Waals surface area contributed by atoms with Crippen molar-refractivity contribution in [3.63, 3.8) is 0 Å². The van der Waals surface area contributed by atoms with Crippen molar-refractivity contribution in [2.24, 2.45) is 13.0 Å². The minimum Gasteiger partial charge on any atom is -0.337 e. The number of nitrogens with zero attached hydrogens (tertiary/aromatic N) is 4. The average molecular weight is 234 g/mol. The topological polar surface area (TPSA) is 44.9 Å². The number of imidazole rings is 1. The van der Waals surface area contributed by atoms with E-state index >= 15 is 0 Å². The molecule has 4 nitrogen and oxygen atoms in total. The van der Waals surface area contributed by atoms with Gasteiger partial charge in [0.05, 0.1) is 12.6 Å². The Morgan fingerprint density at radius 2 is 2.24 bits per heavy atom. The monoisotopic (exact) mass is 234 g/mol. The fourth-order valence-corrected chi connectivity index (χ4v) is 1.67. The van der Waals surface area contributed by atoms with E-state index in [0.29, 0.717) is 12.3 Å². The zero-order chi connectivity index (χ0) is 12.7. The molecular weight excluding hydrogens is 212 g/mol. The predicted octanol–water partition coefficient (Wildman–Crippen LogP) is 2.18. The van der Waals surface area contributed by atoms with Crippen LogP contribution in [0.5, 0.6) is 0 Å². The van der Waals surface area contributed by atoms with E-state index in [-0.39, 0.29) is 0 Å². The van der Waals surface area contributed by atoms with E-state index < -0.39 is 0 Å². The summed E-state index contributed by atoms with van der Waals surface area (Å²) in [5.74, 6) is 1.76. The van der Waals surface area contributed by atoms with E-state index in [1.54, 1.807) is 0 Å². The maximum Gasteiger partial charge on any atom is 0.122 e. The lowest BCUT2D eigenvalue weighted by atomic mass is 10.1. The van der Waals surface area contributed by atoms with E-state index in [1.165, 1.54) is 0 Å². The number of aromatic nitrogens is 2. The first-order chi connectivity index (χ1) is 8.13. The van der Waals surface area contributed by atoms with Crippen molar-refractivity contribution in [3.05, 3.63) is 18.2 Å². The normalized spacial score (nSPS) is 11.1. The van der Waals surface area contributed by atoms with Crippen LogP contribution in [0.15, 0.2) is 12.4 Å². The Bertz CT molecular complexity index is 362. The van der Waals surface area contributed by atoms with Gasteiger partial charge in [0.1, 0.15) is 5.82 Å². The highest BCUT2D eigenvalue weighted by Gasteiger charge is 2.09. The van der Waals surface area contributed by atoms with Crippen molar-refractivity contribution < 1.29 is 0 Å². The van der Waals surface area contributed by atoms with Gasteiger partial charge in [0, 0.05) is 32.4 Å². The van der Waals surface area contributed by atoms with Crippen LogP contribution in [0.3, 0.4) is 0 Å². The Morgan fingerprint density at radius 1 is 1.47 bits per heavy atom. The zero-order valence-corrected chi connectivity index (χ0v) is 11.1. The molecule has 1 rings (SSSR count). The summed E-state index contributed by atoms with van der Waals surface area (Å²) >= 11 is 0.